The highest BCUT2D eigenvalue weighted by molar-refractivity contribution is 7.89. The van der Waals surface area contributed by atoms with Crippen molar-refractivity contribution < 1.29 is 27.5 Å². The van der Waals surface area contributed by atoms with E-state index in [9.17, 15) is 18.0 Å². The van der Waals surface area contributed by atoms with Gasteiger partial charge in [-0.15, -0.1) is 0 Å². The predicted molar refractivity (Wildman–Crippen MR) is 77.6 cm³/mol. The second-order valence-electron chi connectivity index (χ2n) is 4.18. The van der Waals surface area contributed by atoms with Crippen LogP contribution in [0, 0.1) is 0 Å². The molecule has 0 atom stereocenters. The van der Waals surface area contributed by atoms with E-state index in [-0.39, 0.29) is 17.9 Å². The molecule has 0 fully saturated rings. The molecule has 1 rings (SSSR count). The van der Waals surface area contributed by atoms with Crippen LogP contribution >= 0.6 is 0 Å². The van der Waals surface area contributed by atoms with Gasteiger partial charge in [0.2, 0.25) is 10.0 Å². The van der Waals surface area contributed by atoms with E-state index in [1.54, 1.807) is 12.1 Å². The summed E-state index contributed by atoms with van der Waals surface area (Å²) in [6.45, 7) is 1.64. The summed E-state index contributed by atoms with van der Waals surface area (Å²) in [5.41, 5.74) is 4.81. The zero-order valence-corrected chi connectivity index (χ0v) is 12.9. The second-order valence-corrected chi connectivity index (χ2v) is 5.95. The minimum atomic E-state index is -3.72. The molecule has 0 radical (unpaired) electrons. The second kappa shape index (κ2) is 8.35. The van der Waals surface area contributed by atoms with Gasteiger partial charge in [-0.3, -0.25) is 9.59 Å². The van der Waals surface area contributed by atoms with Crippen molar-refractivity contribution in [1.29, 1.82) is 0 Å². The summed E-state index contributed by atoms with van der Waals surface area (Å²) in [5.74, 6) is -0.923. The molecule has 0 unspecified atom stereocenters. The van der Waals surface area contributed by atoms with Crippen molar-refractivity contribution in [3.63, 3.8) is 0 Å². The highest BCUT2D eigenvalue weighted by Gasteiger charge is 2.14. The van der Waals surface area contributed by atoms with E-state index < -0.39 is 28.5 Å². The summed E-state index contributed by atoms with van der Waals surface area (Å²) in [6.07, 6.45) is -0.205. The van der Waals surface area contributed by atoms with Gasteiger partial charge in [0.1, 0.15) is 5.75 Å². The van der Waals surface area contributed by atoms with E-state index >= 15 is 0 Å². The lowest BCUT2D eigenvalue weighted by atomic mass is 10.3. The molecule has 3 N–H and O–H groups in total. The molecule has 0 aliphatic rings. The minimum Gasteiger partial charge on any atom is -0.494 e. The number of hydrogen-bond donors (Lipinski definition) is 2. The largest absolute Gasteiger partial charge is 0.494 e. The predicted octanol–water partition coefficient (Wildman–Crippen LogP) is -0.218. The van der Waals surface area contributed by atoms with Crippen molar-refractivity contribution in [2.45, 2.75) is 18.2 Å². The standard InChI is InChI=1S/C13H18N2O6S/c1-2-20-10-3-5-11(6-4-10)22(18,19)15-8-7-13(17)21-9-12(14)16/h3-6,15H,2,7-9H2,1H3,(H2,14,16). The zero-order valence-electron chi connectivity index (χ0n) is 12.1. The van der Waals surface area contributed by atoms with Crippen LogP contribution in [-0.4, -0.2) is 40.1 Å². The first-order valence-electron chi connectivity index (χ1n) is 6.51. The Hall–Kier alpha value is -2.13. The van der Waals surface area contributed by atoms with Gasteiger partial charge in [0, 0.05) is 6.54 Å². The van der Waals surface area contributed by atoms with Gasteiger partial charge < -0.3 is 15.2 Å². The number of primary amides is 1. The zero-order chi connectivity index (χ0) is 16.6. The maximum Gasteiger partial charge on any atom is 0.307 e. The average molecular weight is 330 g/mol. The van der Waals surface area contributed by atoms with Crippen LogP contribution in [0.25, 0.3) is 0 Å². The Kier molecular flexibility index (Phi) is 6.80. The number of carbonyl (C=O) groups excluding carboxylic acids is 2. The molecule has 0 aliphatic carbocycles. The minimum absolute atomic E-state index is 0.0569. The van der Waals surface area contributed by atoms with Crippen molar-refractivity contribution in [2.75, 3.05) is 19.8 Å². The third kappa shape index (κ3) is 6.10. The molecule has 0 spiro atoms. The Labute approximate surface area is 128 Å². The van der Waals surface area contributed by atoms with Crippen LogP contribution in [-0.2, 0) is 24.3 Å². The number of sulfonamides is 1. The fourth-order valence-corrected chi connectivity index (χ4v) is 2.51. The number of esters is 1. The van der Waals surface area contributed by atoms with Crippen molar-refractivity contribution in [3.8, 4) is 5.75 Å². The molecule has 1 aromatic carbocycles. The Morgan fingerprint density at radius 3 is 2.41 bits per heavy atom. The first kappa shape index (κ1) is 17.9. The summed E-state index contributed by atoms with van der Waals surface area (Å²) >= 11 is 0. The molecule has 1 amide bonds. The molecule has 1 aromatic rings. The van der Waals surface area contributed by atoms with E-state index in [0.29, 0.717) is 12.4 Å². The Morgan fingerprint density at radius 2 is 1.86 bits per heavy atom. The first-order valence-corrected chi connectivity index (χ1v) is 8.00. The maximum absolute atomic E-state index is 12.0. The fourth-order valence-electron chi connectivity index (χ4n) is 1.48. The number of hydrogen-bond acceptors (Lipinski definition) is 6. The number of carbonyl (C=O) groups is 2. The third-order valence-electron chi connectivity index (χ3n) is 2.44. The topological polar surface area (TPSA) is 125 Å². The number of amides is 1. The van der Waals surface area contributed by atoms with Gasteiger partial charge in [-0.2, -0.15) is 0 Å². The summed E-state index contributed by atoms with van der Waals surface area (Å²) in [6, 6.07) is 5.88. The van der Waals surface area contributed by atoms with Gasteiger partial charge in [-0.05, 0) is 31.2 Å². The van der Waals surface area contributed by atoms with E-state index in [1.807, 2.05) is 6.92 Å². The monoisotopic (exact) mass is 330 g/mol. The van der Waals surface area contributed by atoms with Crippen molar-refractivity contribution in [1.82, 2.24) is 4.72 Å². The maximum atomic E-state index is 12.0. The van der Waals surface area contributed by atoms with Gasteiger partial charge in [0.25, 0.3) is 5.91 Å². The number of ether oxygens (including phenoxy) is 2. The molecular formula is C13H18N2O6S. The van der Waals surface area contributed by atoms with Crippen LogP contribution in [0.5, 0.6) is 5.75 Å². The number of nitrogens with one attached hydrogen (secondary N) is 1. The first-order chi connectivity index (χ1) is 10.3. The van der Waals surface area contributed by atoms with Gasteiger partial charge >= 0.3 is 5.97 Å². The van der Waals surface area contributed by atoms with E-state index in [1.165, 1.54) is 12.1 Å². The van der Waals surface area contributed by atoms with Crippen LogP contribution in [0.4, 0.5) is 0 Å². The lowest BCUT2D eigenvalue weighted by Gasteiger charge is -2.08. The Morgan fingerprint density at radius 1 is 1.23 bits per heavy atom. The molecule has 9 heteroatoms. The molecular weight excluding hydrogens is 312 g/mol. The number of rotatable bonds is 9. The fraction of sp³-hybridized carbons (Fsp3) is 0.385. The van der Waals surface area contributed by atoms with E-state index in [4.69, 9.17) is 10.5 Å². The molecule has 122 valence electrons. The van der Waals surface area contributed by atoms with Crippen molar-refractivity contribution in [2.24, 2.45) is 5.73 Å². The highest BCUT2D eigenvalue weighted by atomic mass is 32.2. The van der Waals surface area contributed by atoms with Crippen LogP contribution in [0.3, 0.4) is 0 Å². The van der Waals surface area contributed by atoms with Crippen molar-refractivity contribution in [3.05, 3.63) is 24.3 Å². The summed E-state index contributed by atoms with van der Waals surface area (Å²) in [4.78, 5) is 21.7. The van der Waals surface area contributed by atoms with E-state index in [0.717, 1.165) is 0 Å². The summed E-state index contributed by atoms with van der Waals surface area (Å²) in [7, 11) is -3.72. The number of nitrogens with two attached hydrogens (primary N) is 1. The van der Waals surface area contributed by atoms with Crippen LogP contribution in [0.15, 0.2) is 29.2 Å². The quantitative estimate of drug-likeness (QED) is 0.603. The molecule has 0 bridgehead atoms. The normalized spacial score (nSPS) is 11.0. The third-order valence-corrected chi connectivity index (χ3v) is 3.92. The smallest absolute Gasteiger partial charge is 0.307 e. The Bertz CT molecular complexity index is 612. The van der Waals surface area contributed by atoms with E-state index in [2.05, 4.69) is 9.46 Å². The van der Waals surface area contributed by atoms with Gasteiger partial charge in [-0.1, -0.05) is 0 Å². The van der Waals surface area contributed by atoms with Crippen LogP contribution in [0.1, 0.15) is 13.3 Å². The molecule has 0 saturated carbocycles. The lowest BCUT2D eigenvalue weighted by Crippen LogP contribution is -2.28. The molecule has 8 nitrogen and oxygen atoms in total. The summed E-state index contributed by atoms with van der Waals surface area (Å²) < 4.78 is 35.9. The number of benzene rings is 1. The molecule has 22 heavy (non-hydrogen) atoms. The summed E-state index contributed by atoms with van der Waals surface area (Å²) in [5, 5.41) is 0. The van der Waals surface area contributed by atoms with Crippen molar-refractivity contribution >= 4 is 21.9 Å². The molecule has 0 heterocycles. The van der Waals surface area contributed by atoms with Gasteiger partial charge in [-0.25, -0.2) is 13.1 Å². The van der Waals surface area contributed by atoms with Crippen LogP contribution < -0.4 is 15.2 Å². The van der Waals surface area contributed by atoms with Gasteiger partial charge in [0.05, 0.1) is 17.9 Å². The van der Waals surface area contributed by atoms with Gasteiger partial charge in [0.15, 0.2) is 6.61 Å². The van der Waals surface area contributed by atoms with Crippen LogP contribution in [0.2, 0.25) is 0 Å². The molecule has 0 aromatic heterocycles. The average Bonchev–Trinajstić information content (AvgIpc) is 2.46. The molecule has 0 aliphatic heterocycles. The SMILES string of the molecule is CCOc1ccc(S(=O)(=O)NCCC(=O)OCC(N)=O)cc1. The Balaban J connectivity index is 2.50. The lowest BCUT2D eigenvalue weighted by molar-refractivity contribution is -0.147. The molecule has 0 saturated heterocycles. The highest BCUT2D eigenvalue weighted by Crippen LogP contribution is 2.15.